The fourth-order valence-electron chi connectivity index (χ4n) is 1.96. The second-order valence-electron chi connectivity index (χ2n) is 4.43. The largest absolute Gasteiger partial charge is 0.507 e. The number of aromatic nitrogens is 1. The first-order valence-electron chi connectivity index (χ1n) is 6.17. The molecule has 2 rings (SSSR count). The lowest BCUT2D eigenvalue weighted by Crippen LogP contribution is -2.08. The van der Waals surface area contributed by atoms with Crippen molar-refractivity contribution in [1.29, 1.82) is 0 Å². The molecule has 0 aliphatic heterocycles. The highest BCUT2D eigenvalue weighted by Gasteiger charge is 2.12. The first-order chi connectivity index (χ1) is 9.11. The summed E-state index contributed by atoms with van der Waals surface area (Å²) in [4.78, 5) is 4.23. The number of nitrogens with one attached hydrogen (secondary N) is 1. The molecule has 0 fully saturated rings. The van der Waals surface area contributed by atoms with Crippen molar-refractivity contribution < 1.29 is 9.84 Å². The van der Waals surface area contributed by atoms with E-state index in [4.69, 9.17) is 4.74 Å². The zero-order valence-electron chi connectivity index (χ0n) is 11.3. The normalized spacial score (nSPS) is 11.9. The third kappa shape index (κ3) is 2.96. The number of phenolic OH excluding ortho intramolecular Hbond substituents is 1. The van der Waals surface area contributed by atoms with Gasteiger partial charge in [0.15, 0.2) is 0 Å². The van der Waals surface area contributed by atoms with Crippen molar-refractivity contribution in [3.05, 3.63) is 47.8 Å². The number of aromatic hydroxyl groups is 1. The molecular weight excluding hydrogens is 240 g/mol. The molecule has 0 radical (unpaired) electrons. The molecule has 1 aromatic carbocycles. The van der Waals surface area contributed by atoms with Gasteiger partial charge in [-0.15, -0.1) is 0 Å². The smallest absolute Gasteiger partial charge is 0.124 e. The van der Waals surface area contributed by atoms with Crippen LogP contribution < -0.4 is 10.1 Å². The Morgan fingerprint density at radius 2 is 2.11 bits per heavy atom. The van der Waals surface area contributed by atoms with Gasteiger partial charge in [-0.25, -0.2) is 0 Å². The minimum Gasteiger partial charge on any atom is -0.507 e. The summed E-state index contributed by atoms with van der Waals surface area (Å²) >= 11 is 0. The first-order valence-corrected chi connectivity index (χ1v) is 6.17. The summed E-state index contributed by atoms with van der Waals surface area (Å²) < 4.78 is 5.08. The summed E-state index contributed by atoms with van der Waals surface area (Å²) in [6, 6.07) is 9.15. The predicted molar refractivity (Wildman–Crippen MR) is 75.7 cm³/mol. The van der Waals surface area contributed by atoms with Crippen LogP contribution >= 0.6 is 0 Å². The van der Waals surface area contributed by atoms with Crippen molar-refractivity contribution in [3.63, 3.8) is 0 Å². The fraction of sp³-hybridized carbons (Fsp3) is 0.267. The molecule has 0 amide bonds. The SMILES string of the molecule is COc1ccc(C(C)Nc2cccnc2C)c(O)c1. The van der Waals surface area contributed by atoms with Gasteiger partial charge in [0.2, 0.25) is 0 Å². The zero-order chi connectivity index (χ0) is 13.8. The van der Waals surface area contributed by atoms with E-state index in [1.165, 1.54) is 0 Å². The second-order valence-corrected chi connectivity index (χ2v) is 4.43. The molecule has 0 saturated carbocycles. The van der Waals surface area contributed by atoms with E-state index in [1.807, 2.05) is 38.1 Å². The fourth-order valence-corrected chi connectivity index (χ4v) is 1.96. The molecule has 0 aliphatic carbocycles. The minimum absolute atomic E-state index is 0.0196. The van der Waals surface area contributed by atoms with Crippen molar-refractivity contribution in [2.75, 3.05) is 12.4 Å². The highest BCUT2D eigenvalue weighted by molar-refractivity contribution is 5.51. The molecule has 2 N–H and O–H groups in total. The number of rotatable bonds is 4. The highest BCUT2D eigenvalue weighted by Crippen LogP contribution is 2.30. The van der Waals surface area contributed by atoms with Crippen LogP contribution in [0.4, 0.5) is 5.69 Å². The Morgan fingerprint density at radius 3 is 2.74 bits per heavy atom. The zero-order valence-corrected chi connectivity index (χ0v) is 11.3. The standard InChI is InChI=1S/C15H18N2O2/c1-10(17-14-5-4-8-16-11(14)2)13-7-6-12(19-3)9-15(13)18/h4-10,17-18H,1-3H3. The maximum atomic E-state index is 10.0. The van der Waals surface area contributed by atoms with Gasteiger partial charge < -0.3 is 15.2 Å². The molecule has 1 aromatic heterocycles. The van der Waals surface area contributed by atoms with E-state index in [-0.39, 0.29) is 11.8 Å². The topological polar surface area (TPSA) is 54.4 Å². The molecule has 0 saturated heterocycles. The van der Waals surface area contributed by atoms with Gasteiger partial charge in [-0.05, 0) is 38.1 Å². The van der Waals surface area contributed by atoms with Crippen LogP contribution in [0.2, 0.25) is 0 Å². The quantitative estimate of drug-likeness (QED) is 0.883. The van der Waals surface area contributed by atoms with Crippen LogP contribution in [0, 0.1) is 6.92 Å². The van der Waals surface area contributed by atoms with E-state index in [9.17, 15) is 5.11 Å². The summed E-state index contributed by atoms with van der Waals surface area (Å²) in [6.45, 7) is 3.94. The van der Waals surface area contributed by atoms with E-state index in [0.717, 1.165) is 16.9 Å². The Kier molecular flexibility index (Phi) is 3.90. The van der Waals surface area contributed by atoms with E-state index >= 15 is 0 Å². The number of hydrogen-bond donors (Lipinski definition) is 2. The summed E-state index contributed by atoms with van der Waals surface area (Å²) in [5.74, 6) is 0.868. The molecular formula is C15H18N2O2. The van der Waals surface area contributed by atoms with Crippen molar-refractivity contribution in [1.82, 2.24) is 4.98 Å². The molecule has 100 valence electrons. The van der Waals surface area contributed by atoms with E-state index in [1.54, 1.807) is 19.4 Å². The van der Waals surface area contributed by atoms with Gasteiger partial charge >= 0.3 is 0 Å². The van der Waals surface area contributed by atoms with Gasteiger partial charge in [0.25, 0.3) is 0 Å². The molecule has 0 spiro atoms. The first kappa shape index (κ1) is 13.2. The number of aryl methyl sites for hydroxylation is 1. The average Bonchev–Trinajstić information content (AvgIpc) is 2.41. The number of ether oxygens (including phenoxy) is 1. The Balaban J connectivity index is 2.21. The van der Waals surface area contributed by atoms with Gasteiger partial charge in [-0.2, -0.15) is 0 Å². The lowest BCUT2D eigenvalue weighted by atomic mass is 10.1. The van der Waals surface area contributed by atoms with Gasteiger partial charge in [-0.1, -0.05) is 0 Å². The van der Waals surface area contributed by atoms with E-state index in [0.29, 0.717) is 5.75 Å². The minimum atomic E-state index is -0.0196. The van der Waals surface area contributed by atoms with Gasteiger partial charge in [0, 0.05) is 17.8 Å². The van der Waals surface area contributed by atoms with Crippen LogP contribution in [0.1, 0.15) is 24.2 Å². The number of pyridine rings is 1. The maximum absolute atomic E-state index is 10.0. The van der Waals surface area contributed by atoms with Crippen LogP contribution in [0.25, 0.3) is 0 Å². The van der Waals surface area contributed by atoms with Gasteiger partial charge in [-0.3, -0.25) is 4.98 Å². The number of nitrogens with zero attached hydrogens (tertiary/aromatic N) is 1. The van der Waals surface area contributed by atoms with Gasteiger partial charge in [0.1, 0.15) is 11.5 Å². The molecule has 4 heteroatoms. The molecule has 1 unspecified atom stereocenters. The maximum Gasteiger partial charge on any atom is 0.124 e. The molecule has 1 atom stereocenters. The lowest BCUT2D eigenvalue weighted by Gasteiger charge is -2.18. The summed E-state index contributed by atoms with van der Waals surface area (Å²) in [5.41, 5.74) is 2.72. The Labute approximate surface area is 113 Å². The second kappa shape index (κ2) is 5.61. The van der Waals surface area contributed by atoms with Crippen molar-refractivity contribution >= 4 is 5.69 Å². The van der Waals surface area contributed by atoms with Crippen molar-refractivity contribution in [2.45, 2.75) is 19.9 Å². The number of phenols is 1. The van der Waals surface area contributed by atoms with Crippen molar-refractivity contribution in [2.24, 2.45) is 0 Å². The average molecular weight is 258 g/mol. The summed E-state index contributed by atoms with van der Waals surface area (Å²) in [6.07, 6.45) is 1.76. The lowest BCUT2D eigenvalue weighted by molar-refractivity contribution is 0.406. The Hall–Kier alpha value is -2.23. The van der Waals surface area contributed by atoms with Gasteiger partial charge in [0.05, 0.1) is 24.5 Å². The van der Waals surface area contributed by atoms with Crippen LogP contribution in [-0.4, -0.2) is 17.2 Å². The van der Waals surface area contributed by atoms with E-state index < -0.39 is 0 Å². The summed E-state index contributed by atoms with van der Waals surface area (Å²) in [5, 5.41) is 13.3. The van der Waals surface area contributed by atoms with Crippen LogP contribution in [0.15, 0.2) is 36.5 Å². The molecule has 4 nitrogen and oxygen atoms in total. The molecule has 0 aliphatic rings. The third-order valence-corrected chi connectivity index (χ3v) is 3.08. The van der Waals surface area contributed by atoms with Crippen LogP contribution in [0.3, 0.4) is 0 Å². The Bertz CT molecular complexity index is 570. The highest BCUT2D eigenvalue weighted by atomic mass is 16.5. The number of methoxy groups -OCH3 is 1. The number of hydrogen-bond acceptors (Lipinski definition) is 4. The molecule has 19 heavy (non-hydrogen) atoms. The monoisotopic (exact) mass is 258 g/mol. The Morgan fingerprint density at radius 1 is 1.32 bits per heavy atom. The molecule has 2 aromatic rings. The van der Waals surface area contributed by atoms with Crippen molar-refractivity contribution in [3.8, 4) is 11.5 Å². The molecule has 1 heterocycles. The van der Waals surface area contributed by atoms with Crippen LogP contribution in [0.5, 0.6) is 11.5 Å². The number of benzene rings is 1. The van der Waals surface area contributed by atoms with E-state index in [2.05, 4.69) is 10.3 Å². The number of anilines is 1. The predicted octanol–water partition coefficient (Wildman–Crippen LogP) is 3.28. The van der Waals surface area contributed by atoms with Crippen LogP contribution in [-0.2, 0) is 0 Å². The third-order valence-electron chi connectivity index (χ3n) is 3.08. The molecule has 0 bridgehead atoms. The summed E-state index contributed by atoms with van der Waals surface area (Å²) in [7, 11) is 1.58.